The lowest BCUT2D eigenvalue weighted by Crippen LogP contribution is -2.36. The fourth-order valence-corrected chi connectivity index (χ4v) is 2.41. The number of carbonyl (C=O) groups is 1. The Morgan fingerprint density at radius 1 is 1.55 bits per heavy atom. The molecule has 1 fully saturated rings. The number of nitrogens with two attached hydrogens (primary N) is 1. The normalized spacial score (nSPS) is 15.8. The van der Waals surface area contributed by atoms with Crippen LogP contribution in [0.5, 0.6) is 5.75 Å². The van der Waals surface area contributed by atoms with Crippen molar-refractivity contribution in [1.29, 1.82) is 0 Å². The molecule has 0 heterocycles. The monoisotopic (exact) mass is 296 g/mol. The van der Waals surface area contributed by atoms with Gasteiger partial charge in [0.2, 0.25) is 0 Å². The Kier molecular flexibility index (Phi) is 4.89. The van der Waals surface area contributed by atoms with E-state index in [0.29, 0.717) is 16.8 Å². The van der Waals surface area contributed by atoms with Gasteiger partial charge in [-0.3, -0.25) is 4.79 Å². The summed E-state index contributed by atoms with van der Waals surface area (Å²) in [6, 6.07) is 5.75. The number of likely N-dealkylation sites (N-methyl/N-ethyl adjacent to an activating group) is 1. The first kappa shape index (κ1) is 15.1. The minimum atomic E-state index is -0.0753. The van der Waals surface area contributed by atoms with Crippen molar-refractivity contribution in [3.05, 3.63) is 28.8 Å². The van der Waals surface area contributed by atoms with Gasteiger partial charge in [-0.05, 0) is 44.4 Å². The first-order valence-electron chi connectivity index (χ1n) is 7.00. The number of hydrogen-bond acceptors (Lipinski definition) is 3. The Morgan fingerprint density at radius 2 is 2.25 bits per heavy atom. The molecule has 0 saturated heterocycles. The summed E-state index contributed by atoms with van der Waals surface area (Å²) in [4.78, 5) is 13.9. The van der Waals surface area contributed by atoms with E-state index >= 15 is 0 Å². The van der Waals surface area contributed by atoms with Crippen molar-refractivity contribution in [2.75, 3.05) is 13.2 Å². The first-order chi connectivity index (χ1) is 9.52. The minimum Gasteiger partial charge on any atom is -0.482 e. The lowest BCUT2D eigenvalue weighted by Gasteiger charge is -2.20. The first-order valence-corrected chi connectivity index (χ1v) is 7.38. The van der Waals surface area contributed by atoms with Crippen LogP contribution in [0.1, 0.15) is 38.3 Å². The van der Waals surface area contributed by atoms with Gasteiger partial charge >= 0.3 is 0 Å². The molecular formula is C15H21ClN2O2. The lowest BCUT2D eigenvalue weighted by atomic mass is 10.1. The maximum atomic E-state index is 12.1. The highest BCUT2D eigenvalue weighted by molar-refractivity contribution is 6.32. The third kappa shape index (κ3) is 3.64. The quantitative estimate of drug-likeness (QED) is 0.878. The van der Waals surface area contributed by atoms with Gasteiger partial charge in [0.05, 0.1) is 5.02 Å². The van der Waals surface area contributed by atoms with Gasteiger partial charge in [-0.25, -0.2) is 0 Å². The van der Waals surface area contributed by atoms with Gasteiger partial charge in [-0.2, -0.15) is 0 Å². The van der Waals surface area contributed by atoms with Gasteiger partial charge in [0.25, 0.3) is 5.91 Å². The van der Waals surface area contributed by atoms with Gasteiger partial charge in [-0.1, -0.05) is 17.7 Å². The van der Waals surface area contributed by atoms with Crippen molar-refractivity contribution in [2.24, 2.45) is 5.73 Å². The SMILES string of the molecule is CCN(C(=O)COc1ccc(C(C)N)cc1Cl)C1CC1. The van der Waals surface area contributed by atoms with Crippen molar-refractivity contribution in [3.63, 3.8) is 0 Å². The molecule has 1 unspecified atom stereocenters. The van der Waals surface area contributed by atoms with Gasteiger partial charge in [0.1, 0.15) is 5.75 Å². The fourth-order valence-electron chi connectivity index (χ4n) is 2.16. The molecule has 0 radical (unpaired) electrons. The van der Waals surface area contributed by atoms with Crippen LogP contribution in [0.3, 0.4) is 0 Å². The number of benzene rings is 1. The van der Waals surface area contributed by atoms with E-state index in [1.165, 1.54) is 0 Å². The van der Waals surface area contributed by atoms with Gasteiger partial charge < -0.3 is 15.4 Å². The molecule has 1 atom stereocenters. The molecule has 1 aromatic rings. The molecule has 110 valence electrons. The van der Waals surface area contributed by atoms with Crippen LogP contribution < -0.4 is 10.5 Å². The molecule has 0 aliphatic heterocycles. The predicted molar refractivity (Wildman–Crippen MR) is 80.0 cm³/mol. The van der Waals surface area contributed by atoms with E-state index in [4.69, 9.17) is 22.1 Å². The van der Waals surface area contributed by atoms with Crippen LogP contribution in [0.4, 0.5) is 0 Å². The molecule has 1 aromatic carbocycles. The van der Waals surface area contributed by atoms with Crippen molar-refractivity contribution in [1.82, 2.24) is 4.90 Å². The number of hydrogen-bond donors (Lipinski definition) is 1. The second-order valence-corrected chi connectivity index (χ2v) is 5.59. The number of ether oxygens (including phenoxy) is 1. The maximum Gasteiger partial charge on any atom is 0.260 e. The molecule has 2 rings (SSSR count). The van der Waals surface area contributed by atoms with E-state index < -0.39 is 0 Å². The Balaban J connectivity index is 1.95. The number of halogens is 1. The molecular weight excluding hydrogens is 276 g/mol. The smallest absolute Gasteiger partial charge is 0.260 e. The molecule has 0 bridgehead atoms. The summed E-state index contributed by atoms with van der Waals surface area (Å²) in [7, 11) is 0. The number of nitrogens with zero attached hydrogens (tertiary/aromatic N) is 1. The average Bonchev–Trinajstić information content (AvgIpc) is 3.22. The van der Waals surface area contributed by atoms with Crippen LogP contribution in [-0.2, 0) is 4.79 Å². The molecule has 1 aliphatic rings. The van der Waals surface area contributed by atoms with Crippen LogP contribution >= 0.6 is 11.6 Å². The summed E-state index contributed by atoms with van der Waals surface area (Å²) < 4.78 is 5.53. The van der Waals surface area contributed by atoms with Crippen LogP contribution in [0.25, 0.3) is 0 Å². The number of rotatable bonds is 6. The molecule has 1 amide bonds. The highest BCUT2D eigenvalue weighted by Gasteiger charge is 2.31. The maximum absolute atomic E-state index is 12.1. The van der Waals surface area contributed by atoms with E-state index in [1.54, 1.807) is 12.1 Å². The van der Waals surface area contributed by atoms with Crippen molar-refractivity contribution >= 4 is 17.5 Å². The summed E-state index contributed by atoms with van der Waals surface area (Å²) in [5.74, 6) is 0.540. The number of carbonyl (C=O) groups excluding carboxylic acids is 1. The van der Waals surface area contributed by atoms with Gasteiger partial charge in [0.15, 0.2) is 6.61 Å². The van der Waals surface area contributed by atoms with E-state index in [2.05, 4.69) is 0 Å². The third-order valence-electron chi connectivity index (χ3n) is 3.48. The molecule has 0 aromatic heterocycles. The summed E-state index contributed by atoms with van der Waals surface area (Å²) >= 11 is 6.14. The highest BCUT2D eigenvalue weighted by atomic mass is 35.5. The van der Waals surface area contributed by atoms with Crippen LogP contribution in [0, 0.1) is 0 Å². The Morgan fingerprint density at radius 3 is 2.75 bits per heavy atom. The molecule has 5 heteroatoms. The fraction of sp³-hybridized carbons (Fsp3) is 0.533. The molecule has 1 saturated carbocycles. The van der Waals surface area contributed by atoms with Gasteiger partial charge in [0, 0.05) is 18.6 Å². The largest absolute Gasteiger partial charge is 0.482 e. The third-order valence-corrected chi connectivity index (χ3v) is 3.78. The summed E-state index contributed by atoms with van der Waals surface area (Å²) in [5.41, 5.74) is 6.74. The highest BCUT2D eigenvalue weighted by Crippen LogP contribution is 2.29. The lowest BCUT2D eigenvalue weighted by molar-refractivity contribution is -0.133. The molecule has 20 heavy (non-hydrogen) atoms. The number of amides is 1. The minimum absolute atomic E-state index is 0.0161. The Hall–Kier alpha value is -1.26. The van der Waals surface area contributed by atoms with E-state index in [0.717, 1.165) is 24.9 Å². The van der Waals surface area contributed by atoms with E-state index in [9.17, 15) is 4.79 Å². The van der Waals surface area contributed by atoms with Crippen molar-refractivity contribution in [2.45, 2.75) is 38.8 Å². The zero-order valence-corrected chi connectivity index (χ0v) is 12.7. The molecule has 1 aliphatic carbocycles. The summed E-state index contributed by atoms with van der Waals surface area (Å²) in [6.07, 6.45) is 2.20. The zero-order chi connectivity index (χ0) is 14.7. The average molecular weight is 297 g/mol. The molecule has 2 N–H and O–H groups in total. The zero-order valence-electron chi connectivity index (χ0n) is 11.9. The van der Waals surface area contributed by atoms with Crippen molar-refractivity contribution < 1.29 is 9.53 Å². The van der Waals surface area contributed by atoms with Crippen LogP contribution in [0.15, 0.2) is 18.2 Å². The molecule has 0 spiro atoms. The predicted octanol–water partition coefficient (Wildman–Crippen LogP) is 2.75. The standard InChI is InChI=1S/C15H21ClN2O2/c1-3-18(12-5-6-12)15(19)9-20-14-7-4-11(10(2)17)8-13(14)16/h4,7-8,10,12H,3,5-6,9,17H2,1-2H3. The Labute approximate surface area is 124 Å². The second-order valence-electron chi connectivity index (χ2n) is 5.18. The van der Waals surface area contributed by atoms with Gasteiger partial charge in [-0.15, -0.1) is 0 Å². The van der Waals surface area contributed by atoms with Crippen molar-refractivity contribution in [3.8, 4) is 5.75 Å². The summed E-state index contributed by atoms with van der Waals surface area (Å²) in [6.45, 7) is 4.64. The summed E-state index contributed by atoms with van der Waals surface area (Å²) in [5, 5.41) is 0.488. The van der Waals surface area contributed by atoms with E-state index in [1.807, 2.05) is 24.8 Å². The second kappa shape index (κ2) is 6.46. The van der Waals surface area contributed by atoms with E-state index in [-0.39, 0.29) is 18.6 Å². The van der Waals surface area contributed by atoms with Crippen LogP contribution in [0.2, 0.25) is 5.02 Å². The molecule has 4 nitrogen and oxygen atoms in total. The topological polar surface area (TPSA) is 55.6 Å². The Bertz CT molecular complexity index is 487. The van der Waals surface area contributed by atoms with Crippen LogP contribution in [-0.4, -0.2) is 30.0 Å².